The van der Waals surface area contributed by atoms with Crippen molar-refractivity contribution in [3.63, 3.8) is 0 Å². The smallest absolute Gasteiger partial charge is 0.285 e. The zero-order valence-electron chi connectivity index (χ0n) is 15.0. The number of amides is 1. The number of aryl methyl sites for hydroxylation is 1. The summed E-state index contributed by atoms with van der Waals surface area (Å²) < 4.78 is 23.1. The minimum atomic E-state index is -3.30. The molecular weight excluding hydrogens is 356 g/mol. The molecule has 0 radical (unpaired) electrons. The summed E-state index contributed by atoms with van der Waals surface area (Å²) in [5.41, 5.74) is 0.962. The van der Waals surface area contributed by atoms with Crippen molar-refractivity contribution in [3.8, 4) is 0 Å². The quantitative estimate of drug-likeness (QED) is 0.590. The lowest BCUT2D eigenvalue weighted by Crippen LogP contribution is -2.30. The van der Waals surface area contributed by atoms with Crippen LogP contribution in [0.3, 0.4) is 0 Å². The van der Waals surface area contributed by atoms with Gasteiger partial charge in [-0.3, -0.25) is 14.9 Å². The fourth-order valence-corrected chi connectivity index (χ4v) is 3.29. The van der Waals surface area contributed by atoms with Gasteiger partial charge in [0.25, 0.3) is 11.6 Å². The van der Waals surface area contributed by atoms with E-state index in [4.69, 9.17) is 0 Å². The van der Waals surface area contributed by atoms with Gasteiger partial charge in [0.1, 0.15) is 5.56 Å². The predicted molar refractivity (Wildman–Crippen MR) is 97.9 cm³/mol. The van der Waals surface area contributed by atoms with Gasteiger partial charge < -0.3 is 4.90 Å². The Labute approximate surface area is 152 Å². The number of carbonyl (C=O) groups is 1. The Morgan fingerprint density at radius 3 is 2.23 bits per heavy atom. The van der Waals surface area contributed by atoms with Crippen LogP contribution in [0.15, 0.2) is 47.4 Å². The largest absolute Gasteiger partial charge is 0.335 e. The summed E-state index contributed by atoms with van der Waals surface area (Å²) >= 11 is 0. The van der Waals surface area contributed by atoms with Crippen molar-refractivity contribution >= 4 is 21.4 Å². The number of rotatable bonds is 5. The van der Waals surface area contributed by atoms with Crippen LogP contribution < -0.4 is 0 Å². The molecule has 0 aliphatic rings. The van der Waals surface area contributed by atoms with Crippen molar-refractivity contribution in [2.45, 2.75) is 24.8 Å². The molecule has 2 aromatic rings. The molecule has 0 aromatic heterocycles. The Bertz CT molecular complexity index is 952. The predicted octanol–water partition coefficient (Wildman–Crippen LogP) is 3.14. The summed E-state index contributed by atoms with van der Waals surface area (Å²) in [4.78, 5) is 25.1. The maximum Gasteiger partial charge on any atom is 0.285 e. The van der Waals surface area contributed by atoms with Crippen LogP contribution >= 0.6 is 0 Å². The summed E-state index contributed by atoms with van der Waals surface area (Å²) in [6.07, 6.45) is 1.12. The molecule has 0 N–H and O–H groups in total. The Kier molecular flexibility index (Phi) is 5.46. The van der Waals surface area contributed by atoms with E-state index >= 15 is 0 Å². The Hall–Kier alpha value is -2.74. The van der Waals surface area contributed by atoms with Gasteiger partial charge in [0.2, 0.25) is 0 Å². The van der Waals surface area contributed by atoms with Crippen molar-refractivity contribution in [1.82, 2.24) is 4.90 Å². The molecule has 138 valence electrons. The molecule has 26 heavy (non-hydrogen) atoms. The van der Waals surface area contributed by atoms with Crippen LogP contribution in [0.25, 0.3) is 0 Å². The van der Waals surface area contributed by atoms with E-state index < -0.39 is 26.7 Å². The lowest BCUT2D eigenvalue weighted by molar-refractivity contribution is -0.385. The van der Waals surface area contributed by atoms with Gasteiger partial charge in [-0.1, -0.05) is 24.3 Å². The minimum Gasteiger partial charge on any atom is -0.335 e. The molecule has 0 saturated carbocycles. The first kappa shape index (κ1) is 19.6. The van der Waals surface area contributed by atoms with Crippen LogP contribution in [0.5, 0.6) is 0 Å². The molecule has 0 heterocycles. The number of nitro benzene ring substituents is 1. The van der Waals surface area contributed by atoms with E-state index in [1.807, 2.05) is 0 Å². The van der Waals surface area contributed by atoms with Gasteiger partial charge in [-0.15, -0.1) is 0 Å². The second-order valence-corrected chi connectivity index (χ2v) is 8.18. The maximum atomic E-state index is 12.8. The summed E-state index contributed by atoms with van der Waals surface area (Å²) in [7, 11) is -1.74. The number of hydrogen-bond donors (Lipinski definition) is 0. The Morgan fingerprint density at radius 1 is 1.15 bits per heavy atom. The van der Waals surface area contributed by atoms with Gasteiger partial charge in [-0.25, -0.2) is 8.42 Å². The summed E-state index contributed by atoms with van der Waals surface area (Å²) in [6, 6.07) is 10.5. The van der Waals surface area contributed by atoms with Crippen molar-refractivity contribution in [2.75, 3.05) is 13.3 Å². The molecule has 0 saturated heterocycles. The minimum absolute atomic E-state index is 0.0251. The van der Waals surface area contributed by atoms with E-state index in [0.717, 1.165) is 11.8 Å². The van der Waals surface area contributed by atoms with Crippen LogP contribution in [0.4, 0.5) is 5.69 Å². The van der Waals surface area contributed by atoms with Gasteiger partial charge in [0, 0.05) is 18.9 Å². The third kappa shape index (κ3) is 3.91. The number of carbonyl (C=O) groups excluding carboxylic acids is 1. The molecule has 0 spiro atoms. The van der Waals surface area contributed by atoms with Crippen LogP contribution in [-0.4, -0.2) is 37.5 Å². The number of nitrogens with zero attached hydrogens (tertiary/aromatic N) is 2. The molecule has 8 heteroatoms. The fraction of sp³-hybridized carbons (Fsp3) is 0.278. The summed E-state index contributed by atoms with van der Waals surface area (Å²) in [5, 5.41) is 11.3. The van der Waals surface area contributed by atoms with Gasteiger partial charge in [-0.05, 0) is 37.6 Å². The summed E-state index contributed by atoms with van der Waals surface area (Å²) in [6.45, 7) is 3.36. The standard InChI is InChI=1S/C18H20N2O5S/c1-12-6-5-7-16(17(12)20(22)23)18(21)19(3)13(2)14-8-10-15(11-9-14)26(4,24)25/h5-11,13H,1-4H3. The number of nitro groups is 1. The molecule has 0 aliphatic heterocycles. The highest BCUT2D eigenvalue weighted by molar-refractivity contribution is 7.90. The van der Waals surface area contributed by atoms with Gasteiger partial charge in [0.15, 0.2) is 9.84 Å². The van der Waals surface area contributed by atoms with E-state index in [0.29, 0.717) is 5.56 Å². The first-order valence-corrected chi connectivity index (χ1v) is 9.74. The summed E-state index contributed by atoms with van der Waals surface area (Å²) in [5.74, 6) is -0.472. The van der Waals surface area contributed by atoms with Gasteiger partial charge in [0.05, 0.1) is 15.9 Å². The van der Waals surface area contributed by atoms with Gasteiger partial charge in [-0.2, -0.15) is 0 Å². The number of hydrogen-bond acceptors (Lipinski definition) is 5. The maximum absolute atomic E-state index is 12.8. The second-order valence-electron chi connectivity index (χ2n) is 6.16. The molecule has 0 aliphatic carbocycles. The molecule has 2 rings (SSSR count). The lowest BCUT2D eigenvalue weighted by atomic mass is 10.0. The van der Waals surface area contributed by atoms with Crippen LogP contribution in [0.2, 0.25) is 0 Å². The van der Waals surface area contributed by atoms with E-state index in [9.17, 15) is 23.3 Å². The molecule has 0 fully saturated rings. The zero-order chi connectivity index (χ0) is 19.6. The Morgan fingerprint density at radius 2 is 1.73 bits per heavy atom. The third-order valence-electron chi connectivity index (χ3n) is 4.34. The normalized spacial score (nSPS) is 12.5. The van der Waals surface area contributed by atoms with Crippen molar-refractivity contribution < 1.29 is 18.1 Å². The molecule has 0 bridgehead atoms. The monoisotopic (exact) mass is 376 g/mol. The molecule has 1 atom stereocenters. The number of para-hydroxylation sites is 1. The molecule has 1 amide bonds. The molecule has 7 nitrogen and oxygen atoms in total. The van der Waals surface area contributed by atoms with E-state index in [2.05, 4.69) is 0 Å². The lowest BCUT2D eigenvalue weighted by Gasteiger charge is -2.25. The number of benzene rings is 2. The average molecular weight is 376 g/mol. The fourth-order valence-electron chi connectivity index (χ4n) is 2.66. The topological polar surface area (TPSA) is 97.6 Å². The molecule has 2 aromatic carbocycles. The highest BCUT2D eigenvalue weighted by Crippen LogP contribution is 2.28. The van der Waals surface area contributed by atoms with Crippen LogP contribution in [0.1, 0.15) is 34.5 Å². The highest BCUT2D eigenvalue weighted by atomic mass is 32.2. The van der Waals surface area contributed by atoms with Crippen LogP contribution in [-0.2, 0) is 9.84 Å². The average Bonchev–Trinajstić information content (AvgIpc) is 2.58. The highest BCUT2D eigenvalue weighted by Gasteiger charge is 2.27. The van der Waals surface area contributed by atoms with Crippen molar-refractivity contribution in [2.24, 2.45) is 0 Å². The molecular formula is C18H20N2O5S. The SMILES string of the molecule is Cc1cccc(C(=O)N(C)C(C)c2ccc(S(C)(=O)=O)cc2)c1[N+](=O)[O-]. The van der Waals surface area contributed by atoms with Crippen molar-refractivity contribution in [1.29, 1.82) is 0 Å². The Balaban J connectivity index is 2.34. The first-order valence-electron chi connectivity index (χ1n) is 7.85. The molecule has 1 unspecified atom stereocenters. The van der Waals surface area contributed by atoms with E-state index in [1.54, 1.807) is 45.2 Å². The van der Waals surface area contributed by atoms with E-state index in [-0.39, 0.29) is 16.1 Å². The number of sulfone groups is 1. The third-order valence-corrected chi connectivity index (χ3v) is 5.47. The zero-order valence-corrected chi connectivity index (χ0v) is 15.8. The van der Waals surface area contributed by atoms with Crippen molar-refractivity contribution in [3.05, 3.63) is 69.3 Å². The van der Waals surface area contributed by atoms with E-state index in [1.165, 1.54) is 23.1 Å². The first-order chi connectivity index (χ1) is 12.0. The van der Waals surface area contributed by atoms with Gasteiger partial charge >= 0.3 is 0 Å². The second kappa shape index (κ2) is 7.25. The van der Waals surface area contributed by atoms with Crippen LogP contribution in [0, 0.1) is 17.0 Å².